The highest BCUT2D eigenvalue weighted by molar-refractivity contribution is 6.88. The number of ether oxygens (including phenoxy) is 1. The number of piperazine rings is 1. The minimum absolute atomic E-state index is 0.0407. The summed E-state index contributed by atoms with van der Waals surface area (Å²) in [6.45, 7) is 7.51. The monoisotopic (exact) mass is 454 g/mol. The Labute approximate surface area is 189 Å². The van der Waals surface area contributed by atoms with Gasteiger partial charge in [0.15, 0.2) is 0 Å². The average Bonchev–Trinajstić information content (AvgIpc) is 2.77. The van der Waals surface area contributed by atoms with Crippen molar-refractivity contribution in [2.45, 2.75) is 25.7 Å². The summed E-state index contributed by atoms with van der Waals surface area (Å²) in [6, 6.07) is 13.4. The molecular weight excluding hydrogens is 424 g/mol. The van der Waals surface area contributed by atoms with E-state index in [0.29, 0.717) is 30.1 Å². The molecule has 0 spiro atoms. The topological polar surface area (TPSA) is 99.8 Å². The van der Waals surface area contributed by atoms with Crippen LogP contribution in [0.5, 0.6) is 5.75 Å². The van der Waals surface area contributed by atoms with Crippen molar-refractivity contribution in [2.24, 2.45) is 0 Å². The molecule has 0 aromatic heterocycles. The van der Waals surface area contributed by atoms with Gasteiger partial charge in [0.1, 0.15) is 18.3 Å². The van der Waals surface area contributed by atoms with Gasteiger partial charge in [-0.25, -0.2) is 4.79 Å². The minimum atomic E-state index is -1.45. The van der Waals surface area contributed by atoms with Gasteiger partial charge in [-0.1, -0.05) is 49.1 Å². The Morgan fingerprint density at radius 2 is 1.72 bits per heavy atom. The number of benzene rings is 2. The second-order valence-corrected chi connectivity index (χ2v) is 13.8. The first kappa shape index (κ1) is 23.3. The highest BCUT2D eigenvalue weighted by Gasteiger charge is 2.28. The largest absolute Gasteiger partial charge is 0.497 e. The normalized spacial score (nSPS) is 14.9. The number of nitrogens with one attached hydrogen (secondary N) is 3. The fourth-order valence-corrected chi connectivity index (χ4v) is 4.56. The third-order valence-corrected chi connectivity index (χ3v) is 7.39. The van der Waals surface area contributed by atoms with Crippen molar-refractivity contribution in [1.82, 2.24) is 15.5 Å². The number of nitrogens with zero attached hydrogens (tertiary/aromatic N) is 1. The molecule has 4 amide bonds. The van der Waals surface area contributed by atoms with Gasteiger partial charge in [0.05, 0.1) is 15.2 Å². The van der Waals surface area contributed by atoms with Gasteiger partial charge in [0.25, 0.3) is 5.91 Å². The molecular formula is C23H30N4O4Si. The fraction of sp³-hybridized carbons (Fsp3) is 0.348. The molecule has 1 aliphatic heterocycles. The maximum absolute atomic E-state index is 13.2. The molecule has 1 fully saturated rings. The van der Waals surface area contributed by atoms with E-state index in [-0.39, 0.29) is 18.4 Å². The first-order valence-electron chi connectivity index (χ1n) is 10.5. The number of hydrogen-bond acceptors (Lipinski definition) is 4. The van der Waals surface area contributed by atoms with E-state index < -0.39 is 20.1 Å². The van der Waals surface area contributed by atoms with Gasteiger partial charge in [-0.3, -0.25) is 9.59 Å². The summed E-state index contributed by atoms with van der Waals surface area (Å²) in [5.74, 6) is 0.0546. The molecule has 0 radical (unpaired) electrons. The molecule has 0 bridgehead atoms. The Bertz CT molecular complexity index is 971. The van der Waals surface area contributed by atoms with Gasteiger partial charge in [-0.05, 0) is 29.8 Å². The number of amides is 4. The lowest BCUT2D eigenvalue weighted by Gasteiger charge is -2.29. The second kappa shape index (κ2) is 9.86. The van der Waals surface area contributed by atoms with Crippen molar-refractivity contribution >= 4 is 36.8 Å². The van der Waals surface area contributed by atoms with Gasteiger partial charge < -0.3 is 25.6 Å². The number of methoxy groups -OCH3 is 1. The summed E-state index contributed by atoms with van der Waals surface area (Å²) >= 11 is 0. The van der Waals surface area contributed by atoms with E-state index in [1.54, 1.807) is 31.4 Å². The van der Waals surface area contributed by atoms with Crippen LogP contribution in [0.2, 0.25) is 19.6 Å². The smallest absolute Gasteiger partial charge is 0.318 e. The zero-order valence-electron chi connectivity index (χ0n) is 18.9. The highest BCUT2D eigenvalue weighted by atomic mass is 28.3. The average molecular weight is 455 g/mol. The molecule has 3 N–H and O–H groups in total. The molecule has 8 nitrogen and oxygen atoms in total. The van der Waals surface area contributed by atoms with Crippen LogP contribution in [-0.4, -0.2) is 57.6 Å². The third-order valence-electron chi connectivity index (χ3n) is 5.32. The highest BCUT2D eigenvalue weighted by Crippen LogP contribution is 2.20. The van der Waals surface area contributed by atoms with Crippen LogP contribution in [0.25, 0.3) is 0 Å². The summed E-state index contributed by atoms with van der Waals surface area (Å²) in [5, 5.41) is 9.65. The standard InChI is InChI=1S/C23H30N4O4Si/c1-31-18-9-5-16(6-10-18)21(26-23(30)27-14-13-24-20(28)15-27)22(29)25-17-7-11-19(12-8-17)32(2,3)4/h5-12,21H,13-15H2,1-4H3,(H,24,28)(H,25,29)(H,26,30). The van der Waals surface area contributed by atoms with Crippen LogP contribution in [0.4, 0.5) is 10.5 Å². The third kappa shape index (κ3) is 5.88. The fourth-order valence-electron chi connectivity index (χ4n) is 3.39. The summed E-state index contributed by atoms with van der Waals surface area (Å²) in [4.78, 5) is 39.0. The molecule has 0 saturated carbocycles. The molecule has 1 heterocycles. The summed E-state index contributed by atoms with van der Waals surface area (Å²) in [5.41, 5.74) is 1.26. The summed E-state index contributed by atoms with van der Waals surface area (Å²) < 4.78 is 5.19. The Kier molecular flexibility index (Phi) is 7.19. The maximum atomic E-state index is 13.2. The molecule has 1 aliphatic rings. The van der Waals surface area contributed by atoms with E-state index in [0.717, 1.165) is 0 Å². The predicted molar refractivity (Wildman–Crippen MR) is 127 cm³/mol. The van der Waals surface area contributed by atoms with Crippen molar-refractivity contribution in [2.75, 3.05) is 32.1 Å². The van der Waals surface area contributed by atoms with Crippen LogP contribution in [-0.2, 0) is 9.59 Å². The molecule has 32 heavy (non-hydrogen) atoms. The van der Waals surface area contributed by atoms with Crippen molar-refractivity contribution in [3.63, 3.8) is 0 Å². The number of urea groups is 1. The number of hydrogen-bond donors (Lipinski definition) is 3. The zero-order chi connectivity index (χ0) is 23.3. The first-order chi connectivity index (χ1) is 15.2. The van der Waals surface area contributed by atoms with Crippen molar-refractivity contribution in [3.05, 3.63) is 54.1 Å². The van der Waals surface area contributed by atoms with Crippen LogP contribution in [0, 0.1) is 0 Å². The predicted octanol–water partition coefficient (Wildman–Crippen LogP) is 2.06. The molecule has 1 atom stereocenters. The van der Waals surface area contributed by atoms with Crippen molar-refractivity contribution in [3.8, 4) is 5.75 Å². The quantitative estimate of drug-likeness (QED) is 0.582. The molecule has 2 aromatic rings. The van der Waals surface area contributed by atoms with E-state index in [1.807, 2.05) is 24.3 Å². The van der Waals surface area contributed by atoms with Gasteiger partial charge in [-0.2, -0.15) is 0 Å². The van der Waals surface area contributed by atoms with E-state index in [4.69, 9.17) is 4.74 Å². The Hall–Kier alpha value is -3.33. The van der Waals surface area contributed by atoms with Crippen molar-refractivity contribution < 1.29 is 19.1 Å². The maximum Gasteiger partial charge on any atom is 0.318 e. The van der Waals surface area contributed by atoms with E-state index >= 15 is 0 Å². The molecule has 0 aliphatic carbocycles. The van der Waals surface area contributed by atoms with Gasteiger partial charge >= 0.3 is 6.03 Å². The number of carbonyl (C=O) groups is 3. The van der Waals surface area contributed by atoms with Gasteiger partial charge in [-0.15, -0.1) is 0 Å². The van der Waals surface area contributed by atoms with E-state index in [2.05, 4.69) is 35.6 Å². The van der Waals surface area contributed by atoms with E-state index in [1.165, 1.54) is 10.1 Å². The number of anilines is 1. The Morgan fingerprint density at radius 1 is 1.06 bits per heavy atom. The van der Waals surface area contributed by atoms with Crippen LogP contribution >= 0.6 is 0 Å². The lowest BCUT2D eigenvalue weighted by molar-refractivity contribution is -0.123. The number of carbonyl (C=O) groups excluding carboxylic acids is 3. The van der Waals surface area contributed by atoms with Crippen LogP contribution in [0.3, 0.4) is 0 Å². The Morgan fingerprint density at radius 3 is 2.28 bits per heavy atom. The SMILES string of the molecule is COc1ccc(C(NC(=O)N2CCNC(=O)C2)C(=O)Nc2ccc([Si](C)(C)C)cc2)cc1. The molecule has 1 unspecified atom stereocenters. The molecule has 1 saturated heterocycles. The number of rotatable bonds is 6. The zero-order valence-corrected chi connectivity index (χ0v) is 19.9. The summed E-state index contributed by atoms with van der Waals surface area (Å²) in [6.07, 6.45) is 0. The van der Waals surface area contributed by atoms with Crippen LogP contribution < -0.4 is 25.9 Å². The van der Waals surface area contributed by atoms with Gasteiger partial charge in [0, 0.05) is 18.8 Å². The van der Waals surface area contributed by atoms with Crippen LogP contribution in [0.15, 0.2) is 48.5 Å². The van der Waals surface area contributed by atoms with Crippen LogP contribution in [0.1, 0.15) is 11.6 Å². The lowest BCUT2D eigenvalue weighted by Crippen LogP contribution is -2.54. The van der Waals surface area contributed by atoms with Crippen molar-refractivity contribution in [1.29, 1.82) is 0 Å². The lowest BCUT2D eigenvalue weighted by atomic mass is 10.1. The minimum Gasteiger partial charge on any atom is -0.497 e. The Balaban J connectivity index is 1.79. The molecule has 3 rings (SSSR count). The first-order valence-corrected chi connectivity index (χ1v) is 14.0. The molecule has 170 valence electrons. The van der Waals surface area contributed by atoms with Gasteiger partial charge in [0.2, 0.25) is 5.91 Å². The molecule has 2 aromatic carbocycles. The molecule has 9 heteroatoms. The van der Waals surface area contributed by atoms with E-state index in [9.17, 15) is 14.4 Å². The summed E-state index contributed by atoms with van der Waals surface area (Å²) in [7, 11) is 0.116. The second-order valence-electron chi connectivity index (χ2n) is 8.74.